The third kappa shape index (κ3) is 4.42. The number of aryl methyl sites for hydroxylation is 1. The van der Waals surface area contributed by atoms with Gasteiger partial charge in [0.1, 0.15) is 10.6 Å². The highest BCUT2D eigenvalue weighted by atomic mass is 79.9. The van der Waals surface area contributed by atoms with Crippen molar-refractivity contribution < 1.29 is 13.2 Å². The summed E-state index contributed by atoms with van der Waals surface area (Å²) in [5.41, 5.74) is 0.927. The van der Waals surface area contributed by atoms with E-state index >= 15 is 0 Å². The van der Waals surface area contributed by atoms with Crippen molar-refractivity contribution in [2.75, 3.05) is 46.4 Å². The van der Waals surface area contributed by atoms with Crippen LogP contribution in [0.3, 0.4) is 0 Å². The first-order valence-electron chi connectivity index (χ1n) is 7.21. The Morgan fingerprint density at radius 2 is 2.05 bits per heavy atom. The molecule has 0 unspecified atom stereocenters. The minimum atomic E-state index is -3.59. The third-order valence-electron chi connectivity index (χ3n) is 3.66. The van der Waals surface area contributed by atoms with Crippen LogP contribution in [-0.4, -0.2) is 59.7 Å². The number of methoxy groups -OCH3 is 1. The monoisotopic (exact) mass is 391 g/mol. The Bertz CT molecular complexity index is 616. The van der Waals surface area contributed by atoms with E-state index in [0.717, 1.165) is 36.2 Å². The van der Waals surface area contributed by atoms with Crippen LogP contribution < -0.4 is 14.8 Å². The van der Waals surface area contributed by atoms with Crippen molar-refractivity contribution in [2.24, 2.45) is 0 Å². The van der Waals surface area contributed by atoms with Gasteiger partial charge in [-0.1, -0.05) is 15.9 Å². The maximum Gasteiger partial charge on any atom is 0.244 e. The predicted octanol–water partition coefficient (Wildman–Crippen LogP) is 0.950. The summed E-state index contributed by atoms with van der Waals surface area (Å²) in [6.07, 6.45) is 0. The zero-order valence-electron chi connectivity index (χ0n) is 12.9. The second-order valence-corrected chi connectivity index (χ2v) is 7.83. The molecule has 124 valence electrons. The molecule has 0 radical (unpaired) electrons. The Kier molecular flexibility index (Phi) is 6.22. The molecule has 0 atom stereocenters. The standard InChI is InChI=1S/C14H22BrN3O3S/c1-11-9-13(21-2)14(10-12(11)15)22(19,20)17-5-8-18-6-3-16-4-7-18/h9-10,16-17H,3-8H2,1-2H3. The molecule has 22 heavy (non-hydrogen) atoms. The van der Waals surface area contributed by atoms with E-state index in [9.17, 15) is 8.42 Å². The molecule has 0 spiro atoms. The van der Waals surface area contributed by atoms with E-state index in [-0.39, 0.29) is 4.90 Å². The lowest BCUT2D eigenvalue weighted by Crippen LogP contribution is -2.46. The molecule has 2 N–H and O–H groups in total. The Balaban J connectivity index is 2.04. The summed E-state index contributed by atoms with van der Waals surface area (Å²) < 4.78 is 33.6. The molecule has 1 fully saturated rings. The minimum Gasteiger partial charge on any atom is -0.495 e. The van der Waals surface area contributed by atoms with Crippen LogP contribution >= 0.6 is 15.9 Å². The molecule has 1 aliphatic rings. The van der Waals surface area contributed by atoms with E-state index in [2.05, 4.69) is 30.9 Å². The first-order chi connectivity index (χ1) is 10.4. The second-order valence-electron chi connectivity index (χ2n) is 5.24. The summed E-state index contributed by atoms with van der Waals surface area (Å²) in [7, 11) is -2.12. The van der Waals surface area contributed by atoms with Gasteiger partial charge in [-0.2, -0.15) is 0 Å². The van der Waals surface area contributed by atoms with E-state index in [4.69, 9.17) is 4.74 Å². The van der Waals surface area contributed by atoms with Crippen LogP contribution in [0.2, 0.25) is 0 Å². The topological polar surface area (TPSA) is 70.7 Å². The average Bonchev–Trinajstić information content (AvgIpc) is 2.50. The smallest absolute Gasteiger partial charge is 0.244 e. The number of hydrogen-bond donors (Lipinski definition) is 2. The molecular weight excluding hydrogens is 370 g/mol. The highest BCUT2D eigenvalue weighted by Crippen LogP contribution is 2.30. The van der Waals surface area contributed by atoms with Gasteiger partial charge in [0.25, 0.3) is 0 Å². The highest BCUT2D eigenvalue weighted by Gasteiger charge is 2.21. The lowest BCUT2D eigenvalue weighted by Gasteiger charge is -2.27. The number of piperazine rings is 1. The van der Waals surface area contributed by atoms with Crippen molar-refractivity contribution in [3.05, 3.63) is 22.2 Å². The lowest BCUT2D eigenvalue weighted by atomic mass is 10.2. The Hall–Kier alpha value is -0.670. The van der Waals surface area contributed by atoms with E-state index in [1.165, 1.54) is 7.11 Å². The molecule has 1 aromatic rings. The summed E-state index contributed by atoms with van der Waals surface area (Å²) >= 11 is 3.37. The zero-order chi connectivity index (χ0) is 16.2. The van der Waals surface area contributed by atoms with Crippen LogP contribution in [0.25, 0.3) is 0 Å². The van der Waals surface area contributed by atoms with E-state index in [1.54, 1.807) is 12.1 Å². The fourth-order valence-electron chi connectivity index (χ4n) is 2.36. The fraction of sp³-hybridized carbons (Fsp3) is 0.571. The van der Waals surface area contributed by atoms with Gasteiger partial charge in [0, 0.05) is 43.7 Å². The van der Waals surface area contributed by atoms with Gasteiger partial charge in [0.2, 0.25) is 10.0 Å². The molecular formula is C14H22BrN3O3S. The summed E-state index contributed by atoms with van der Waals surface area (Å²) in [5, 5.41) is 3.27. The molecule has 0 saturated carbocycles. The van der Waals surface area contributed by atoms with Gasteiger partial charge >= 0.3 is 0 Å². The van der Waals surface area contributed by atoms with Crippen LogP contribution in [0, 0.1) is 6.92 Å². The van der Waals surface area contributed by atoms with Crippen molar-refractivity contribution in [3.63, 3.8) is 0 Å². The molecule has 1 aliphatic heterocycles. The van der Waals surface area contributed by atoms with Crippen LogP contribution in [0.5, 0.6) is 5.75 Å². The summed E-state index contributed by atoms with van der Waals surface area (Å²) in [4.78, 5) is 2.40. The number of rotatable bonds is 6. The van der Waals surface area contributed by atoms with E-state index in [1.807, 2.05) is 6.92 Å². The number of sulfonamides is 1. The molecule has 1 aromatic carbocycles. The SMILES string of the molecule is COc1cc(C)c(Br)cc1S(=O)(=O)NCCN1CCNCC1. The van der Waals surface area contributed by atoms with Gasteiger partial charge in [-0.05, 0) is 24.6 Å². The number of nitrogens with one attached hydrogen (secondary N) is 2. The molecule has 0 bridgehead atoms. The molecule has 0 amide bonds. The van der Waals surface area contributed by atoms with E-state index < -0.39 is 10.0 Å². The minimum absolute atomic E-state index is 0.160. The lowest BCUT2D eigenvalue weighted by molar-refractivity contribution is 0.245. The van der Waals surface area contributed by atoms with Crippen LogP contribution in [0.15, 0.2) is 21.5 Å². The van der Waals surface area contributed by atoms with Gasteiger partial charge < -0.3 is 10.1 Å². The predicted molar refractivity (Wildman–Crippen MR) is 89.9 cm³/mol. The molecule has 8 heteroatoms. The highest BCUT2D eigenvalue weighted by molar-refractivity contribution is 9.10. The number of halogens is 1. The summed E-state index contributed by atoms with van der Waals surface area (Å²) in [6, 6.07) is 3.30. The first kappa shape index (κ1) is 17.7. The van der Waals surface area contributed by atoms with Crippen molar-refractivity contribution in [1.82, 2.24) is 14.9 Å². The molecule has 0 aromatic heterocycles. The fourth-order valence-corrected chi connectivity index (χ4v) is 4.05. The summed E-state index contributed by atoms with van der Waals surface area (Å²) in [6.45, 7) is 6.77. The summed E-state index contributed by atoms with van der Waals surface area (Å²) in [5.74, 6) is 0.357. The maximum absolute atomic E-state index is 12.5. The zero-order valence-corrected chi connectivity index (χ0v) is 15.3. The van der Waals surface area contributed by atoms with Crippen LogP contribution in [0.1, 0.15) is 5.56 Å². The number of ether oxygens (including phenoxy) is 1. The van der Waals surface area contributed by atoms with Gasteiger partial charge in [-0.3, -0.25) is 4.90 Å². The molecule has 0 aliphatic carbocycles. The largest absolute Gasteiger partial charge is 0.495 e. The quantitative estimate of drug-likeness (QED) is 0.755. The molecule has 1 saturated heterocycles. The molecule has 6 nitrogen and oxygen atoms in total. The molecule has 1 heterocycles. The Morgan fingerprint density at radius 3 is 2.68 bits per heavy atom. The van der Waals surface area contributed by atoms with Gasteiger partial charge in [-0.15, -0.1) is 0 Å². The van der Waals surface area contributed by atoms with Crippen molar-refractivity contribution in [1.29, 1.82) is 0 Å². The second kappa shape index (κ2) is 7.74. The van der Waals surface area contributed by atoms with Crippen molar-refractivity contribution in [2.45, 2.75) is 11.8 Å². The average molecular weight is 392 g/mol. The number of hydrogen-bond acceptors (Lipinski definition) is 5. The van der Waals surface area contributed by atoms with Crippen molar-refractivity contribution in [3.8, 4) is 5.75 Å². The van der Waals surface area contributed by atoms with E-state index in [0.29, 0.717) is 18.8 Å². The maximum atomic E-state index is 12.5. The third-order valence-corrected chi connectivity index (χ3v) is 6.00. The normalized spacial score (nSPS) is 16.7. The van der Waals surface area contributed by atoms with Gasteiger partial charge in [-0.25, -0.2) is 13.1 Å². The van der Waals surface area contributed by atoms with Crippen LogP contribution in [-0.2, 0) is 10.0 Å². The Morgan fingerprint density at radius 1 is 1.36 bits per heavy atom. The number of benzene rings is 1. The first-order valence-corrected chi connectivity index (χ1v) is 9.48. The van der Waals surface area contributed by atoms with Gasteiger partial charge in [0.15, 0.2) is 0 Å². The Labute approximate surface area is 140 Å². The molecule has 2 rings (SSSR count). The van der Waals surface area contributed by atoms with Gasteiger partial charge in [0.05, 0.1) is 7.11 Å². The van der Waals surface area contributed by atoms with Crippen LogP contribution in [0.4, 0.5) is 0 Å². The number of nitrogens with zero attached hydrogens (tertiary/aromatic N) is 1. The van der Waals surface area contributed by atoms with Crippen molar-refractivity contribution >= 4 is 26.0 Å².